The monoisotopic (exact) mass is 334 g/mol. The Balaban J connectivity index is 2.00. The van der Waals surface area contributed by atoms with Gasteiger partial charge in [0.25, 0.3) is 5.91 Å². The zero-order valence-electron chi connectivity index (χ0n) is 13.0. The molecule has 1 aromatic carbocycles. The van der Waals surface area contributed by atoms with E-state index in [2.05, 4.69) is 10.6 Å². The Kier molecular flexibility index (Phi) is 5.82. The van der Waals surface area contributed by atoms with E-state index < -0.39 is 6.04 Å². The zero-order chi connectivity index (χ0) is 16.8. The minimum Gasteiger partial charge on any atom is -0.467 e. The zero-order valence-corrected chi connectivity index (χ0v) is 13.8. The second kappa shape index (κ2) is 7.83. The van der Waals surface area contributed by atoms with E-state index in [-0.39, 0.29) is 24.3 Å². The van der Waals surface area contributed by atoms with Crippen LogP contribution >= 0.6 is 11.6 Å². The summed E-state index contributed by atoms with van der Waals surface area (Å²) in [6.45, 7) is 4.02. The van der Waals surface area contributed by atoms with Crippen LogP contribution in [0.25, 0.3) is 0 Å². The number of amides is 2. The Labute approximate surface area is 140 Å². The molecule has 0 aliphatic heterocycles. The number of benzene rings is 1. The van der Waals surface area contributed by atoms with Gasteiger partial charge in [-0.15, -0.1) is 0 Å². The van der Waals surface area contributed by atoms with Crippen molar-refractivity contribution < 1.29 is 14.0 Å². The third-order valence-corrected chi connectivity index (χ3v) is 3.57. The number of carbonyl (C=O) groups excluding carboxylic acids is 2. The molecule has 2 N–H and O–H groups in total. The molecule has 1 aromatic heterocycles. The molecule has 1 atom stereocenters. The number of nitrogens with one attached hydrogen (secondary N) is 2. The topological polar surface area (TPSA) is 71.3 Å². The third-order valence-electron chi connectivity index (χ3n) is 3.34. The van der Waals surface area contributed by atoms with Gasteiger partial charge in [-0.05, 0) is 36.2 Å². The van der Waals surface area contributed by atoms with E-state index >= 15 is 0 Å². The molecule has 1 heterocycles. The lowest BCUT2D eigenvalue weighted by Crippen LogP contribution is -2.49. The summed E-state index contributed by atoms with van der Waals surface area (Å²) in [4.78, 5) is 24.6. The molecular formula is C17H19ClN2O3. The maximum Gasteiger partial charge on any atom is 0.251 e. The van der Waals surface area contributed by atoms with Crippen LogP contribution in [0.4, 0.5) is 0 Å². The van der Waals surface area contributed by atoms with E-state index in [0.29, 0.717) is 16.3 Å². The van der Waals surface area contributed by atoms with Crippen molar-refractivity contribution in [3.8, 4) is 0 Å². The molecule has 0 saturated heterocycles. The van der Waals surface area contributed by atoms with E-state index in [1.807, 2.05) is 13.8 Å². The molecule has 5 nitrogen and oxygen atoms in total. The summed E-state index contributed by atoms with van der Waals surface area (Å²) in [5.74, 6) is 0.00267. The summed E-state index contributed by atoms with van der Waals surface area (Å²) in [7, 11) is 0. The van der Waals surface area contributed by atoms with E-state index in [1.165, 1.54) is 0 Å². The number of rotatable bonds is 6. The second-order valence-electron chi connectivity index (χ2n) is 5.50. The van der Waals surface area contributed by atoms with Crippen molar-refractivity contribution in [3.05, 3.63) is 59.0 Å². The van der Waals surface area contributed by atoms with Gasteiger partial charge < -0.3 is 15.1 Å². The molecule has 2 aromatic rings. The molecule has 0 radical (unpaired) electrons. The molecule has 23 heavy (non-hydrogen) atoms. The molecule has 6 heteroatoms. The number of carbonyl (C=O) groups is 2. The first-order chi connectivity index (χ1) is 11.0. The van der Waals surface area contributed by atoms with E-state index in [9.17, 15) is 9.59 Å². The lowest BCUT2D eigenvalue weighted by molar-refractivity contribution is -0.124. The van der Waals surface area contributed by atoms with Gasteiger partial charge in [-0.2, -0.15) is 0 Å². The van der Waals surface area contributed by atoms with Gasteiger partial charge in [0.2, 0.25) is 5.91 Å². The van der Waals surface area contributed by atoms with Crippen LogP contribution in [0, 0.1) is 5.92 Å². The normalized spacial score (nSPS) is 12.0. The summed E-state index contributed by atoms with van der Waals surface area (Å²) < 4.78 is 5.17. The molecule has 0 fully saturated rings. The molecule has 122 valence electrons. The van der Waals surface area contributed by atoms with Crippen LogP contribution in [0.15, 0.2) is 47.1 Å². The number of halogens is 1. The van der Waals surface area contributed by atoms with Gasteiger partial charge in [-0.3, -0.25) is 9.59 Å². The van der Waals surface area contributed by atoms with Gasteiger partial charge in [0.05, 0.1) is 12.8 Å². The minimum atomic E-state index is -0.642. The highest BCUT2D eigenvalue weighted by Crippen LogP contribution is 2.12. The molecule has 2 amide bonds. The standard InChI is InChI=1S/C17H19ClN2O3/c1-11(2)15(17(22)19-10-14-7-4-8-23-14)20-16(21)12-5-3-6-13(18)9-12/h3-9,11,15H,10H2,1-2H3,(H,19,22)(H,20,21)/t15-/m0/s1. The average molecular weight is 335 g/mol. The molecule has 0 aliphatic carbocycles. The highest BCUT2D eigenvalue weighted by Gasteiger charge is 2.24. The van der Waals surface area contributed by atoms with Gasteiger partial charge >= 0.3 is 0 Å². The van der Waals surface area contributed by atoms with Gasteiger partial charge in [-0.1, -0.05) is 31.5 Å². The molecule has 2 rings (SSSR count). The van der Waals surface area contributed by atoms with Crippen LogP contribution in [-0.4, -0.2) is 17.9 Å². The molecule has 0 spiro atoms. The second-order valence-corrected chi connectivity index (χ2v) is 5.94. The highest BCUT2D eigenvalue weighted by molar-refractivity contribution is 6.31. The Morgan fingerprint density at radius 3 is 2.61 bits per heavy atom. The molecule has 0 aliphatic rings. The van der Waals surface area contributed by atoms with E-state index in [1.54, 1.807) is 42.7 Å². The van der Waals surface area contributed by atoms with Crippen molar-refractivity contribution in [2.75, 3.05) is 0 Å². The first kappa shape index (κ1) is 17.1. The lowest BCUT2D eigenvalue weighted by atomic mass is 10.0. The van der Waals surface area contributed by atoms with E-state index in [0.717, 1.165) is 0 Å². The maximum absolute atomic E-state index is 12.3. The van der Waals surface area contributed by atoms with Gasteiger partial charge in [0.15, 0.2) is 0 Å². The molecule has 0 saturated carbocycles. The predicted molar refractivity (Wildman–Crippen MR) is 88.1 cm³/mol. The van der Waals surface area contributed by atoms with Gasteiger partial charge in [-0.25, -0.2) is 0 Å². The first-order valence-corrected chi connectivity index (χ1v) is 7.71. The van der Waals surface area contributed by atoms with Crippen molar-refractivity contribution in [3.63, 3.8) is 0 Å². The fourth-order valence-electron chi connectivity index (χ4n) is 2.09. The van der Waals surface area contributed by atoms with Crippen LogP contribution in [0.3, 0.4) is 0 Å². The number of hydrogen-bond acceptors (Lipinski definition) is 3. The highest BCUT2D eigenvalue weighted by atomic mass is 35.5. The van der Waals surface area contributed by atoms with Crippen molar-refractivity contribution in [2.24, 2.45) is 5.92 Å². The third kappa shape index (κ3) is 4.86. The SMILES string of the molecule is CC(C)[C@H](NC(=O)c1cccc(Cl)c1)C(=O)NCc1ccco1. The summed E-state index contributed by atoms with van der Waals surface area (Å²) in [5, 5.41) is 5.98. The lowest BCUT2D eigenvalue weighted by Gasteiger charge is -2.21. The molecule has 0 bridgehead atoms. The van der Waals surface area contributed by atoms with Crippen LogP contribution in [0.2, 0.25) is 5.02 Å². The summed E-state index contributed by atoms with van der Waals surface area (Å²) in [6.07, 6.45) is 1.54. The Morgan fingerprint density at radius 2 is 2.00 bits per heavy atom. The molecular weight excluding hydrogens is 316 g/mol. The Morgan fingerprint density at radius 1 is 1.22 bits per heavy atom. The maximum atomic E-state index is 12.3. The quantitative estimate of drug-likeness (QED) is 0.853. The van der Waals surface area contributed by atoms with Crippen LogP contribution in [0.1, 0.15) is 30.0 Å². The first-order valence-electron chi connectivity index (χ1n) is 7.34. The van der Waals surface area contributed by atoms with Crippen LogP contribution in [0.5, 0.6) is 0 Å². The summed E-state index contributed by atoms with van der Waals surface area (Å²) in [5.41, 5.74) is 0.419. The number of furan rings is 1. The number of hydrogen-bond donors (Lipinski definition) is 2. The predicted octanol–water partition coefficient (Wildman–Crippen LogP) is 3.00. The van der Waals surface area contributed by atoms with Crippen molar-refractivity contribution in [1.82, 2.24) is 10.6 Å². The van der Waals surface area contributed by atoms with Crippen LogP contribution in [-0.2, 0) is 11.3 Å². The fourth-order valence-corrected chi connectivity index (χ4v) is 2.28. The van der Waals surface area contributed by atoms with Crippen molar-refractivity contribution in [1.29, 1.82) is 0 Å². The van der Waals surface area contributed by atoms with Crippen LogP contribution < -0.4 is 10.6 Å². The molecule has 0 unspecified atom stereocenters. The largest absolute Gasteiger partial charge is 0.467 e. The summed E-state index contributed by atoms with van der Waals surface area (Å²) >= 11 is 5.89. The van der Waals surface area contributed by atoms with E-state index in [4.69, 9.17) is 16.0 Å². The minimum absolute atomic E-state index is 0.0604. The van der Waals surface area contributed by atoms with Crippen molar-refractivity contribution >= 4 is 23.4 Å². The average Bonchev–Trinajstić information content (AvgIpc) is 3.03. The smallest absolute Gasteiger partial charge is 0.251 e. The fraction of sp³-hybridized carbons (Fsp3) is 0.294. The van der Waals surface area contributed by atoms with Gasteiger partial charge in [0.1, 0.15) is 11.8 Å². The van der Waals surface area contributed by atoms with Gasteiger partial charge in [0, 0.05) is 10.6 Å². The Bertz CT molecular complexity index is 668. The summed E-state index contributed by atoms with van der Waals surface area (Å²) in [6, 6.07) is 9.48. The Hall–Kier alpha value is -2.27. The van der Waals surface area contributed by atoms with Crippen molar-refractivity contribution in [2.45, 2.75) is 26.4 Å².